The summed E-state index contributed by atoms with van der Waals surface area (Å²) in [5, 5.41) is 2.11. The fourth-order valence-electron chi connectivity index (χ4n) is 1.82. The number of hydrogen-bond acceptors (Lipinski definition) is 6. The summed E-state index contributed by atoms with van der Waals surface area (Å²) in [5.41, 5.74) is 4.04. The van der Waals surface area contributed by atoms with Gasteiger partial charge < -0.3 is 5.73 Å². The minimum Gasteiger partial charge on any atom is -0.384 e. The number of carbonyl (C=O) groups is 2. The van der Waals surface area contributed by atoms with Gasteiger partial charge in [0.1, 0.15) is 16.3 Å². The molecule has 2 rings (SSSR count). The molecule has 1 aromatic rings. The van der Waals surface area contributed by atoms with E-state index in [4.69, 9.17) is 5.73 Å². The lowest BCUT2D eigenvalue weighted by molar-refractivity contribution is -0.141. The Morgan fingerprint density at radius 2 is 2.00 bits per heavy atom. The van der Waals surface area contributed by atoms with Crippen LogP contribution in [0.5, 0.6) is 0 Å². The van der Waals surface area contributed by atoms with E-state index in [1.807, 2.05) is 0 Å². The lowest BCUT2D eigenvalue weighted by atomic mass is 10.0. The molecule has 1 saturated heterocycles. The highest BCUT2D eigenvalue weighted by Gasteiger charge is 2.47. The zero-order valence-electron chi connectivity index (χ0n) is 11.0. The van der Waals surface area contributed by atoms with E-state index in [0.717, 1.165) is 10.5 Å². The number of nitrogens with zero attached hydrogens (tertiary/aromatic N) is 2. The number of rotatable bonds is 2. The quantitative estimate of drug-likeness (QED) is 0.681. The third kappa shape index (κ3) is 2.25. The van der Waals surface area contributed by atoms with Gasteiger partial charge in [-0.25, -0.2) is 13.4 Å². The SMILES string of the molecule is CC1(C)C(=O)NC(=O)CN1S(=O)(=O)c1ccc(N)nc1. The summed E-state index contributed by atoms with van der Waals surface area (Å²) in [6.45, 7) is 2.43. The summed E-state index contributed by atoms with van der Waals surface area (Å²) < 4.78 is 25.9. The first-order valence-electron chi connectivity index (χ1n) is 5.74. The Bertz CT molecular complexity index is 666. The van der Waals surface area contributed by atoms with Crippen LogP contribution in [0, 0.1) is 0 Å². The van der Waals surface area contributed by atoms with Gasteiger partial charge in [0, 0.05) is 6.20 Å². The van der Waals surface area contributed by atoms with Crippen LogP contribution >= 0.6 is 0 Å². The van der Waals surface area contributed by atoms with Gasteiger partial charge in [0.05, 0.1) is 6.54 Å². The van der Waals surface area contributed by atoms with Gasteiger partial charge in [-0.1, -0.05) is 0 Å². The summed E-state index contributed by atoms with van der Waals surface area (Å²) in [7, 11) is -4.02. The molecule has 0 bridgehead atoms. The molecule has 0 unspecified atom stereocenters. The smallest absolute Gasteiger partial charge is 0.247 e. The maximum absolute atomic E-state index is 12.5. The third-order valence-corrected chi connectivity index (χ3v) is 5.07. The lowest BCUT2D eigenvalue weighted by Crippen LogP contribution is -2.65. The molecular formula is C11H14N4O4S. The van der Waals surface area contributed by atoms with Crippen LogP contribution in [0.3, 0.4) is 0 Å². The van der Waals surface area contributed by atoms with E-state index in [2.05, 4.69) is 10.3 Å². The molecule has 3 N–H and O–H groups in total. The average molecular weight is 298 g/mol. The molecule has 0 saturated carbocycles. The number of anilines is 1. The summed E-state index contributed by atoms with van der Waals surface area (Å²) in [4.78, 5) is 26.8. The van der Waals surface area contributed by atoms with Crippen molar-refractivity contribution in [2.45, 2.75) is 24.3 Å². The van der Waals surface area contributed by atoms with Crippen LogP contribution in [0.4, 0.5) is 5.82 Å². The normalized spacial score (nSPS) is 19.7. The molecule has 8 nitrogen and oxygen atoms in total. The molecule has 1 aromatic heterocycles. The van der Waals surface area contributed by atoms with E-state index in [-0.39, 0.29) is 10.7 Å². The third-order valence-electron chi connectivity index (χ3n) is 3.07. The van der Waals surface area contributed by atoms with Gasteiger partial charge in [0.15, 0.2) is 0 Å². The van der Waals surface area contributed by atoms with Crippen LogP contribution in [-0.4, -0.2) is 41.6 Å². The first-order valence-corrected chi connectivity index (χ1v) is 7.18. The highest BCUT2D eigenvalue weighted by Crippen LogP contribution is 2.26. The van der Waals surface area contributed by atoms with E-state index in [1.54, 1.807) is 0 Å². The molecule has 9 heteroatoms. The molecular weight excluding hydrogens is 284 g/mol. The Morgan fingerprint density at radius 3 is 2.55 bits per heavy atom. The topological polar surface area (TPSA) is 122 Å². The molecule has 1 aliphatic heterocycles. The van der Waals surface area contributed by atoms with Crippen molar-refractivity contribution in [3.63, 3.8) is 0 Å². The Kier molecular flexibility index (Phi) is 3.26. The molecule has 0 spiro atoms. The van der Waals surface area contributed by atoms with Gasteiger partial charge in [-0.2, -0.15) is 4.31 Å². The summed E-state index contributed by atoms with van der Waals surface area (Å²) >= 11 is 0. The van der Waals surface area contributed by atoms with Gasteiger partial charge in [-0.3, -0.25) is 14.9 Å². The van der Waals surface area contributed by atoms with Crippen molar-refractivity contribution in [2.24, 2.45) is 0 Å². The number of aromatic nitrogens is 1. The summed E-state index contributed by atoms with van der Waals surface area (Å²) in [6.07, 6.45) is 1.09. The number of hydrogen-bond donors (Lipinski definition) is 2. The van der Waals surface area contributed by atoms with Crippen LogP contribution in [0.25, 0.3) is 0 Å². The first kappa shape index (κ1) is 14.4. The number of pyridine rings is 1. The second kappa shape index (κ2) is 4.53. The van der Waals surface area contributed by atoms with E-state index >= 15 is 0 Å². The predicted molar refractivity (Wildman–Crippen MR) is 69.8 cm³/mol. The zero-order valence-corrected chi connectivity index (χ0v) is 11.8. The van der Waals surface area contributed by atoms with E-state index < -0.39 is 33.9 Å². The highest BCUT2D eigenvalue weighted by molar-refractivity contribution is 7.89. The number of nitrogens with one attached hydrogen (secondary N) is 1. The van der Waals surface area contributed by atoms with Crippen LogP contribution in [-0.2, 0) is 19.6 Å². The molecule has 2 amide bonds. The number of amides is 2. The number of nitrogen functional groups attached to an aromatic ring is 1. The monoisotopic (exact) mass is 298 g/mol. The summed E-state index contributed by atoms with van der Waals surface area (Å²) in [6, 6.07) is 2.62. The van der Waals surface area contributed by atoms with Gasteiger partial charge in [0.25, 0.3) is 0 Å². The Balaban J connectivity index is 2.49. The van der Waals surface area contributed by atoms with E-state index in [9.17, 15) is 18.0 Å². The minimum absolute atomic E-state index is 0.123. The Hall–Kier alpha value is -2.00. The van der Waals surface area contributed by atoms with Crippen LogP contribution in [0.1, 0.15) is 13.8 Å². The highest BCUT2D eigenvalue weighted by atomic mass is 32.2. The molecule has 0 aromatic carbocycles. The van der Waals surface area contributed by atoms with Gasteiger partial charge in [0.2, 0.25) is 21.8 Å². The average Bonchev–Trinajstić information content (AvgIpc) is 2.34. The number of sulfonamides is 1. The van der Waals surface area contributed by atoms with Crippen molar-refractivity contribution in [3.8, 4) is 0 Å². The van der Waals surface area contributed by atoms with E-state index in [1.165, 1.54) is 26.0 Å². The molecule has 0 aliphatic carbocycles. The predicted octanol–water partition coefficient (Wildman–Crippen LogP) is -0.910. The maximum Gasteiger partial charge on any atom is 0.247 e. The van der Waals surface area contributed by atoms with Crippen molar-refractivity contribution >= 4 is 27.7 Å². The molecule has 108 valence electrons. The van der Waals surface area contributed by atoms with Crippen molar-refractivity contribution < 1.29 is 18.0 Å². The van der Waals surface area contributed by atoms with Crippen LogP contribution < -0.4 is 11.1 Å². The molecule has 0 radical (unpaired) electrons. The summed E-state index contributed by atoms with van der Waals surface area (Å²) in [5.74, 6) is -1.15. The zero-order chi connectivity index (χ0) is 15.1. The second-order valence-electron chi connectivity index (χ2n) is 4.87. The van der Waals surface area contributed by atoms with E-state index in [0.29, 0.717) is 0 Å². The molecule has 0 atom stereocenters. The van der Waals surface area contributed by atoms with Crippen molar-refractivity contribution in [2.75, 3.05) is 12.3 Å². The minimum atomic E-state index is -4.02. The van der Waals surface area contributed by atoms with Gasteiger partial charge in [-0.05, 0) is 26.0 Å². The molecule has 20 heavy (non-hydrogen) atoms. The largest absolute Gasteiger partial charge is 0.384 e. The fourth-order valence-corrected chi connectivity index (χ4v) is 3.47. The number of nitrogens with two attached hydrogens (primary N) is 1. The standard InChI is InChI=1S/C11H14N4O4S/c1-11(2)10(17)14-9(16)6-15(11)20(18,19)7-3-4-8(12)13-5-7/h3-5H,6H2,1-2H3,(H2,12,13)(H,14,16,17). The number of carbonyl (C=O) groups excluding carboxylic acids is 2. The van der Waals surface area contributed by atoms with Crippen molar-refractivity contribution in [3.05, 3.63) is 18.3 Å². The molecule has 1 fully saturated rings. The van der Waals surface area contributed by atoms with Gasteiger partial charge >= 0.3 is 0 Å². The Morgan fingerprint density at radius 1 is 1.35 bits per heavy atom. The Labute approximate surface area is 116 Å². The second-order valence-corrected chi connectivity index (χ2v) is 6.73. The molecule has 2 heterocycles. The van der Waals surface area contributed by atoms with Gasteiger partial charge in [-0.15, -0.1) is 0 Å². The van der Waals surface area contributed by atoms with Crippen molar-refractivity contribution in [1.29, 1.82) is 0 Å². The first-order chi connectivity index (χ1) is 9.15. The van der Waals surface area contributed by atoms with Crippen LogP contribution in [0.15, 0.2) is 23.2 Å². The number of piperazine rings is 1. The number of imide groups is 1. The van der Waals surface area contributed by atoms with Crippen molar-refractivity contribution in [1.82, 2.24) is 14.6 Å². The maximum atomic E-state index is 12.5. The fraction of sp³-hybridized carbons (Fsp3) is 0.364. The lowest BCUT2D eigenvalue weighted by Gasteiger charge is -2.38. The van der Waals surface area contributed by atoms with Crippen LogP contribution in [0.2, 0.25) is 0 Å². The molecule has 1 aliphatic rings.